The molecule has 96 valence electrons. The van der Waals surface area contributed by atoms with Crippen molar-refractivity contribution in [3.8, 4) is 0 Å². The van der Waals surface area contributed by atoms with Gasteiger partial charge in [0.1, 0.15) is 6.73 Å². The van der Waals surface area contributed by atoms with Crippen LogP contribution in [0.4, 0.5) is 0 Å². The van der Waals surface area contributed by atoms with Crippen LogP contribution in [0.2, 0.25) is 18.1 Å². The van der Waals surface area contributed by atoms with Crippen molar-refractivity contribution in [2.24, 2.45) is 0 Å². The highest BCUT2D eigenvalue weighted by Crippen LogP contribution is 2.39. The average Bonchev–Trinajstić information content (AvgIpc) is 2.94. The molecule has 0 spiro atoms. The summed E-state index contributed by atoms with van der Waals surface area (Å²) in [5.74, 6) is 0.726. The first kappa shape index (κ1) is 12.8. The van der Waals surface area contributed by atoms with E-state index in [2.05, 4.69) is 45.0 Å². The van der Waals surface area contributed by atoms with Crippen LogP contribution in [0, 0.1) is 0 Å². The molecule has 0 atom stereocenters. The minimum atomic E-state index is -1.65. The number of rotatable bonds is 4. The fraction of sp³-hybridized carbons (Fsp3) is 0.769. The molecule has 0 amide bonds. The predicted octanol–water partition coefficient (Wildman–Crippen LogP) is 3.74. The molecule has 0 radical (unpaired) electrons. The Hall–Kier alpha value is -0.613. The second-order valence-electron chi connectivity index (χ2n) is 6.59. The van der Waals surface area contributed by atoms with Crippen LogP contribution < -0.4 is 0 Å². The molecular weight excluding hydrogens is 228 g/mol. The standard InChI is InChI=1S/C13H24N2OSi/c1-13(2,3)17(4,5)16-10-15-9-8-12(14-15)11-6-7-11/h8-9,11H,6-7,10H2,1-5H3. The molecular formula is C13H24N2OSi. The van der Waals surface area contributed by atoms with Gasteiger partial charge in [-0.15, -0.1) is 0 Å². The molecule has 1 aliphatic carbocycles. The fourth-order valence-electron chi connectivity index (χ4n) is 1.49. The van der Waals surface area contributed by atoms with Crippen LogP contribution in [-0.2, 0) is 11.2 Å². The van der Waals surface area contributed by atoms with E-state index in [0.717, 1.165) is 5.92 Å². The summed E-state index contributed by atoms with van der Waals surface area (Å²) in [6.45, 7) is 11.9. The van der Waals surface area contributed by atoms with Crippen molar-refractivity contribution in [2.75, 3.05) is 0 Å². The Labute approximate surface area is 105 Å². The smallest absolute Gasteiger partial charge is 0.194 e. The van der Waals surface area contributed by atoms with Gasteiger partial charge < -0.3 is 4.43 Å². The zero-order valence-electron chi connectivity index (χ0n) is 11.7. The lowest BCUT2D eigenvalue weighted by Gasteiger charge is -2.35. The molecule has 2 rings (SSSR count). The Morgan fingerprint density at radius 3 is 2.59 bits per heavy atom. The fourth-order valence-corrected chi connectivity index (χ4v) is 2.38. The molecule has 4 heteroatoms. The van der Waals surface area contributed by atoms with Gasteiger partial charge in [0, 0.05) is 12.1 Å². The molecule has 0 N–H and O–H groups in total. The Morgan fingerprint density at radius 2 is 2.06 bits per heavy atom. The summed E-state index contributed by atoms with van der Waals surface area (Å²) in [4.78, 5) is 0. The molecule has 0 unspecified atom stereocenters. The van der Waals surface area contributed by atoms with Gasteiger partial charge in [-0.2, -0.15) is 5.10 Å². The number of aromatic nitrogens is 2. The number of hydrogen-bond acceptors (Lipinski definition) is 2. The molecule has 1 aliphatic rings. The van der Waals surface area contributed by atoms with E-state index in [1.165, 1.54) is 18.5 Å². The highest BCUT2D eigenvalue weighted by molar-refractivity contribution is 6.74. The normalized spacial score (nSPS) is 17.5. The molecule has 1 saturated carbocycles. The van der Waals surface area contributed by atoms with E-state index in [1.807, 2.05) is 10.9 Å². The van der Waals surface area contributed by atoms with Gasteiger partial charge in [-0.1, -0.05) is 20.8 Å². The van der Waals surface area contributed by atoms with Crippen LogP contribution in [0.25, 0.3) is 0 Å². The van der Waals surface area contributed by atoms with Gasteiger partial charge in [-0.3, -0.25) is 0 Å². The Bertz CT molecular complexity index is 388. The lowest BCUT2D eigenvalue weighted by Crippen LogP contribution is -2.41. The summed E-state index contributed by atoms with van der Waals surface area (Å²) in [5.41, 5.74) is 1.24. The van der Waals surface area contributed by atoms with Crippen molar-refractivity contribution in [3.63, 3.8) is 0 Å². The van der Waals surface area contributed by atoms with Gasteiger partial charge in [0.25, 0.3) is 0 Å². The van der Waals surface area contributed by atoms with Crippen molar-refractivity contribution < 1.29 is 4.43 Å². The zero-order valence-corrected chi connectivity index (χ0v) is 12.7. The van der Waals surface area contributed by atoms with E-state index in [9.17, 15) is 0 Å². The number of hydrogen-bond donors (Lipinski definition) is 0. The van der Waals surface area contributed by atoms with Crippen molar-refractivity contribution in [1.82, 2.24) is 9.78 Å². The summed E-state index contributed by atoms with van der Waals surface area (Å²) in [5, 5.41) is 4.83. The summed E-state index contributed by atoms with van der Waals surface area (Å²) in [7, 11) is -1.65. The van der Waals surface area contributed by atoms with E-state index >= 15 is 0 Å². The van der Waals surface area contributed by atoms with Crippen molar-refractivity contribution in [1.29, 1.82) is 0 Å². The third kappa shape index (κ3) is 2.99. The molecule has 1 aromatic heterocycles. The molecule has 0 bridgehead atoms. The first-order valence-electron chi connectivity index (χ1n) is 6.47. The highest BCUT2D eigenvalue weighted by Gasteiger charge is 2.37. The van der Waals surface area contributed by atoms with E-state index in [-0.39, 0.29) is 5.04 Å². The second kappa shape index (κ2) is 4.25. The third-order valence-corrected chi connectivity index (χ3v) is 8.48. The minimum absolute atomic E-state index is 0.263. The zero-order chi connectivity index (χ0) is 12.7. The van der Waals surface area contributed by atoms with Gasteiger partial charge in [0.2, 0.25) is 0 Å². The molecule has 17 heavy (non-hydrogen) atoms. The third-order valence-electron chi connectivity index (χ3n) is 4.02. The van der Waals surface area contributed by atoms with Crippen LogP contribution in [0.15, 0.2) is 12.3 Å². The molecule has 1 fully saturated rings. The van der Waals surface area contributed by atoms with Gasteiger partial charge in [0.05, 0.1) is 5.69 Å². The van der Waals surface area contributed by atoms with Gasteiger partial charge >= 0.3 is 0 Å². The second-order valence-corrected chi connectivity index (χ2v) is 11.4. The van der Waals surface area contributed by atoms with Gasteiger partial charge in [0.15, 0.2) is 8.32 Å². The van der Waals surface area contributed by atoms with Crippen LogP contribution in [0.3, 0.4) is 0 Å². The number of nitrogens with zero attached hydrogens (tertiary/aromatic N) is 2. The monoisotopic (exact) mass is 252 g/mol. The molecule has 3 nitrogen and oxygen atoms in total. The summed E-state index contributed by atoms with van der Waals surface area (Å²) in [6.07, 6.45) is 4.65. The van der Waals surface area contributed by atoms with E-state index in [4.69, 9.17) is 4.43 Å². The maximum absolute atomic E-state index is 6.13. The highest BCUT2D eigenvalue weighted by atomic mass is 28.4. The maximum atomic E-state index is 6.13. The van der Waals surface area contributed by atoms with Crippen LogP contribution in [0.1, 0.15) is 45.2 Å². The Morgan fingerprint density at radius 1 is 1.41 bits per heavy atom. The molecule has 1 aromatic rings. The summed E-state index contributed by atoms with van der Waals surface area (Å²) < 4.78 is 8.07. The van der Waals surface area contributed by atoms with E-state index in [0.29, 0.717) is 6.73 Å². The molecule has 0 aliphatic heterocycles. The van der Waals surface area contributed by atoms with E-state index < -0.39 is 8.32 Å². The Balaban J connectivity index is 1.92. The van der Waals surface area contributed by atoms with Crippen LogP contribution >= 0.6 is 0 Å². The van der Waals surface area contributed by atoms with Gasteiger partial charge in [-0.05, 0) is 37.0 Å². The first-order valence-corrected chi connectivity index (χ1v) is 9.38. The minimum Gasteiger partial charge on any atom is -0.398 e. The van der Waals surface area contributed by atoms with Crippen LogP contribution in [0.5, 0.6) is 0 Å². The lowest BCUT2D eigenvalue weighted by atomic mass is 10.2. The largest absolute Gasteiger partial charge is 0.398 e. The van der Waals surface area contributed by atoms with Crippen molar-refractivity contribution in [2.45, 2.75) is 64.4 Å². The average molecular weight is 252 g/mol. The van der Waals surface area contributed by atoms with Gasteiger partial charge in [-0.25, -0.2) is 4.68 Å². The van der Waals surface area contributed by atoms with Crippen molar-refractivity contribution >= 4 is 8.32 Å². The maximum Gasteiger partial charge on any atom is 0.194 e. The van der Waals surface area contributed by atoms with Crippen LogP contribution in [-0.4, -0.2) is 18.1 Å². The first-order chi connectivity index (χ1) is 7.79. The predicted molar refractivity (Wildman–Crippen MR) is 72.5 cm³/mol. The van der Waals surface area contributed by atoms with Crippen molar-refractivity contribution in [3.05, 3.63) is 18.0 Å². The lowest BCUT2D eigenvalue weighted by molar-refractivity contribution is 0.198. The van der Waals surface area contributed by atoms with E-state index in [1.54, 1.807) is 0 Å². The summed E-state index contributed by atoms with van der Waals surface area (Å²) >= 11 is 0. The Kier molecular flexibility index (Phi) is 3.21. The SMILES string of the molecule is CC(C)(C)[Si](C)(C)OCn1ccc(C2CC2)n1. The quantitative estimate of drug-likeness (QED) is 0.763. The molecule has 1 heterocycles. The molecule has 0 aromatic carbocycles. The molecule has 0 saturated heterocycles. The summed E-state index contributed by atoms with van der Waals surface area (Å²) in [6, 6.07) is 2.13. The topological polar surface area (TPSA) is 27.1 Å².